The van der Waals surface area contributed by atoms with Crippen LogP contribution >= 0.6 is 0 Å². The summed E-state index contributed by atoms with van der Waals surface area (Å²) in [5.41, 5.74) is 4.89. The van der Waals surface area contributed by atoms with Gasteiger partial charge in [-0.25, -0.2) is 4.79 Å². The van der Waals surface area contributed by atoms with Crippen molar-refractivity contribution in [2.24, 2.45) is 0 Å². The zero-order chi connectivity index (χ0) is 20.1. The Morgan fingerprint density at radius 1 is 0.897 bits per heavy atom. The minimum atomic E-state index is -0.0372. The zero-order valence-corrected chi connectivity index (χ0v) is 17.4. The second kappa shape index (κ2) is 9.21. The van der Waals surface area contributed by atoms with Crippen LogP contribution in [0.25, 0.3) is 0 Å². The third-order valence-corrected chi connectivity index (χ3v) is 6.04. The third kappa shape index (κ3) is 4.84. The quantitative estimate of drug-likeness (QED) is 0.800. The Morgan fingerprint density at radius 2 is 1.52 bits per heavy atom. The van der Waals surface area contributed by atoms with Gasteiger partial charge < -0.3 is 20.0 Å². The summed E-state index contributed by atoms with van der Waals surface area (Å²) in [4.78, 5) is 19.3. The maximum absolute atomic E-state index is 12.6. The van der Waals surface area contributed by atoms with Gasteiger partial charge in [-0.2, -0.15) is 0 Å². The van der Waals surface area contributed by atoms with E-state index < -0.39 is 0 Å². The van der Waals surface area contributed by atoms with Crippen LogP contribution in [0.15, 0.2) is 48.5 Å². The normalized spacial score (nSPS) is 16.3. The summed E-state index contributed by atoms with van der Waals surface area (Å²) in [5, 5.41) is 3.06. The van der Waals surface area contributed by atoms with Gasteiger partial charge in [-0.1, -0.05) is 30.3 Å². The molecule has 0 unspecified atom stereocenters. The van der Waals surface area contributed by atoms with Gasteiger partial charge in [0.05, 0.1) is 0 Å². The first-order chi connectivity index (χ1) is 14.2. The fourth-order valence-corrected chi connectivity index (χ4v) is 4.35. The molecule has 154 valence electrons. The van der Waals surface area contributed by atoms with E-state index in [1.165, 1.54) is 42.6 Å². The number of para-hydroxylation sites is 1. The van der Waals surface area contributed by atoms with E-state index in [0.717, 1.165) is 31.7 Å². The number of rotatable bonds is 6. The van der Waals surface area contributed by atoms with Crippen LogP contribution in [0.4, 0.5) is 16.2 Å². The molecule has 5 heteroatoms. The first-order valence-electron chi connectivity index (χ1n) is 10.9. The second-order valence-electron chi connectivity index (χ2n) is 8.20. The number of hydrogen-bond acceptors (Lipinski definition) is 3. The number of nitrogens with zero attached hydrogens (tertiary/aromatic N) is 3. The van der Waals surface area contributed by atoms with Gasteiger partial charge >= 0.3 is 6.03 Å². The smallest absolute Gasteiger partial charge is 0.317 e. The highest BCUT2D eigenvalue weighted by Gasteiger charge is 2.17. The Bertz CT molecular complexity index is 808. The maximum Gasteiger partial charge on any atom is 0.317 e. The van der Waals surface area contributed by atoms with E-state index in [1.807, 2.05) is 7.05 Å². The molecular weight excluding hydrogens is 360 g/mol. The van der Waals surface area contributed by atoms with Crippen molar-refractivity contribution < 1.29 is 4.79 Å². The number of nitrogens with one attached hydrogen (secondary N) is 1. The maximum atomic E-state index is 12.6. The molecule has 2 aliphatic rings. The first-order valence-corrected chi connectivity index (χ1v) is 10.9. The summed E-state index contributed by atoms with van der Waals surface area (Å²) < 4.78 is 0. The lowest BCUT2D eigenvalue weighted by Gasteiger charge is -2.24. The van der Waals surface area contributed by atoms with Crippen LogP contribution < -0.4 is 15.1 Å². The topological polar surface area (TPSA) is 38.8 Å². The second-order valence-corrected chi connectivity index (χ2v) is 8.20. The van der Waals surface area contributed by atoms with Gasteiger partial charge in [0.1, 0.15) is 0 Å². The molecule has 4 rings (SSSR count). The van der Waals surface area contributed by atoms with E-state index in [4.69, 9.17) is 0 Å². The first kappa shape index (κ1) is 19.6. The molecule has 0 aliphatic carbocycles. The molecule has 29 heavy (non-hydrogen) atoms. The van der Waals surface area contributed by atoms with Crippen molar-refractivity contribution in [3.63, 3.8) is 0 Å². The van der Waals surface area contributed by atoms with Crippen LogP contribution in [0, 0.1) is 0 Å². The van der Waals surface area contributed by atoms with Crippen molar-refractivity contribution in [1.29, 1.82) is 0 Å². The summed E-state index contributed by atoms with van der Waals surface area (Å²) in [6.07, 6.45) is 5.07. The standard InChI is InChI=1S/C24H32N4O/c1-26(19-21-8-2-3-9-23(21)28-16-6-7-17-28)24(29)25-18-20-10-12-22(13-11-20)27-14-4-5-15-27/h2-3,8-13H,4-7,14-19H2,1H3,(H,25,29). The Kier molecular flexibility index (Phi) is 6.23. The molecule has 2 saturated heterocycles. The summed E-state index contributed by atoms with van der Waals surface area (Å²) in [7, 11) is 1.87. The van der Waals surface area contributed by atoms with Crippen molar-refractivity contribution in [3.8, 4) is 0 Å². The lowest BCUT2D eigenvalue weighted by molar-refractivity contribution is 0.206. The average molecular weight is 393 g/mol. The van der Waals surface area contributed by atoms with Crippen LogP contribution in [-0.4, -0.2) is 44.2 Å². The van der Waals surface area contributed by atoms with Gasteiger partial charge in [0.2, 0.25) is 0 Å². The Hall–Kier alpha value is -2.69. The van der Waals surface area contributed by atoms with Gasteiger partial charge in [0.25, 0.3) is 0 Å². The van der Waals surface area contributed by atoms with E-state index in [1.54, 1.807) is 4.90 Å². The van der Waals surface area contributed by atoms with Crippen molar-refractivity contribution in [2.75, 3.05) is 43.0 Å². The molecule has 2 fully saturated rings. The fraction of sp³-hybridized carbons (Fsp3) is 0.458. The average Bonchev–Trinajstić information content (AvgIpc) is 3.47. The number of carbonyl (C=O) groups is 1. The largest absolute Gasteiger partial charge is 0.372 e. The van der Waals surface area contributed by atoms with E-state index in [0.29, 0.717) is 13.1 Å². The van der Waals surface area contributed by atoms with Crippen LogP contribution in [0.1, 0.15) is 36.8 Å². The fourth-order valence-electron chi connectivity index (χ4n) is 4.35. The van der Waals surface area contributed by atoms with Crippen molar-refractivity contribution in [2.45, 2.75) is 38.8 Å². The van der Waals surface area contributed by atoms with Crippen molar-refractivity contribution in [3.05, 3.63) is 59.7 Å². The molecule has 0 aromatic heterocycles. The lowest BCUT2D eigenvalue weighted by atomic mass is 10.1. The highest BCUT2D eigenvalue weighted by Crippen LogP contribution is 2.25. The minimum absolute atomic E-state index is 0.0372. The number of carbonyl (C=O) groups excluding carboxylic acids is 1. The number of anilines is 2. The van der Waals surface area contributed by atoms with Gasteiger partial charge in [0.15, 0.2) is 0 Å². The summed E-state index contributed by atoms with van der Waals surface area (Å²) in [6.45, 7) is 5.70. The Morgan fingerprint density at radius 3 is 2.21 bits per heavy atom. The molecule has 0 bridgehead atoms. The molecule has 5 nitrogen and oxygen atoms in total. The van der Waals surface area contributed by atoms with E-state index in [2.05, 4.69) is 63.6 Å². The molecule has 1 N–H and O–H groups in total. The van der Waals surface area contributed by atoms with Gasteiger partial charge in [0, 0.05) is 57.7 Å². The molecule has 0 saturated carbocycles. The molecular formula is C24H32N4O. The van der Waals surface area contributed by atoms with Crippen LogP contribution in [0.3, 0.4) is 0 Å². The van der Waals surface area contributed by atoms with Gasteiger partial charge in [-0.3, -0.25) is 0 Å². The molecule has 2 aromatic carbocycles. The molecule has 2 amide bonds. The number of hydrogen-bond donors (Lipinski definition) is 1. The third-order valence-electron chi connectivity index (χ3n) is 6.04. The SMILES string of the molecule is CN(Cc1ccccc1N1CCCC1)C(=O)NCc1ccc(N2CCCC2)cc1. The van der Waals surface area contributed by atoms with E-state index in [-0.39, 0.29) is 6.03 Å². The molecule has 0 radical (unpaired) electrons. The predicted octanol–water partition coefficient (Wildman–Crippen LogP) is 4.23. The van der Waals surface area contributed by atoms with Crippen LogP contribution in [0.5, 0.6) is 0 Å². The summed E-state index contributed by atoms with van der Waals surface area (Å²) in [6, 6.07) is 17.0. The molecule has 0 spiro atoms. The molecule has 2 aromatic rings. The number of amides is 2. The summed E-state index contributed by atoms with van der Waals surface area (Å²) >= 11 is 0. The van der Waals surface area contributed by atoms with Crippen molar-refractivity contribution >= 4 is 17.4 Å². The predicted molar refractivity (Wildman–Crippen MR) is 119 cm³/mol. The van der Waals surface area contributed by atoms with Crippen molar-refractivity contribution in [1.82, 2.24) is 10.2 Å². The minimum Gasteiger partial charge on any atom is -0.372 e. The Labute approximate surface area is 174 Å². The van der Waals surface area contributed by atoms with E-state index >= 15 is 0 Å². The highest BCUT2D eigenvalue weighted by molar-refractivity contribution is 5.74. The van der Waals surface area contributed by atoms with Gasteiger partial charge in [-0.15, -0.1) is 0 Å². The van der Waals surface area contributed by atoms with Crippen LogP contribution in [0.2, 0.25) is 0 Å². The lowest BCUT2D eigenvalue weighted by Crippen LogP contribution is -2.36. The number of benzene rings is 2. The Balaban J connectivity index is 1.31. The monoisotopic (exact) mass is 392 g/mol. The molecule has 0 atom stereocenters. The van der Waals surface area contributed by atoms with Gasteiger partial charge in [-0.05, 0) is 55.0 Å². The summed E-state index contributed by atoms with van der Waals surface area (Å²) in [5.74, 6) is 0. The highest BCUT2D eigenvalue weighted by atomic mass is 16.2. The molecule has 2 aliphatic heterocycles. The zero-order valence-electron chi connectivity index (χ0n) is 17.4. The van der Waals surface area contributed by atoms with Crippen LogP contribution in [-0.2, 0) is 13.1 Å². The molecule has 2 heterocycles. The van der Waals surface area contributed by atoms with E-state index in [9.17, 15) is 4.79 Å². The number of urea groups is 1.